The Morgan fingerprint density at radius 3 is 2.61 bits per heavy atom. The first-order valence-corrected chi connectivity index (χ1v) is 7.92. The van der Waals surface area contributed by atoms with Gasteiger partial charge in [-0.1, -0.05) is 30.3 Å². The lowest BCUT2D eigenvalue weighted by Gasteiger charge is -2.28. The van der Waals surface area contributed by atoms with Crippen LogP contribution in [0.2, 0.25) is 0 Å². The molecule has 1 aromatic carbocycles. The Kier molecular flexibility index (Phi) is 9.17. The minimum absolute atomic E-state index is 0. The topological polar surface area (TPSA) is 44.8 Å². The Bertz CT molecular complexity index is 450. The normalized spacial score (nSPS) is 17.6. The summed E-state index contributed by atoms with van der Waals surface area (Å²) in [4.78, 5) is 16.7. The molecule has 0 bridgehead atoms. The van der Waals surface area contributed by atoms with E-state index < -0.39 is 0 Å². The predicted octanol–water partition coefficient (Wildman–Crippen LogP) is 1.38. The molecule has 0 saturated carbocycles. The second-order valence-electron chi connectivity index (χ2n) is 6.03. The van der Waals surface area contributed by atoms with Gasteiger partial charge in [-0.2, -0.15) is 0 Å². The number of carbonyl (C=O) groups is 1. The Morgan fingerprint density at radius 2 is 2.00 bits per heavy atom. The fourth-order valence-electron chi connectivity index (χ4n) is 2.51. The number of hydrogen-bond donors (Lipinski definition) is 1. The highest BCUT2D eigenvalue weighted by Gasteiger charge is 2.21. The van der Waals surface area contributed by atoms with Crippen LogP contribution in [0.5, 0.6) is 0 Å². The van der Waals surface area contributed by atoms with E-state index in [0.717, 1.165) is 26.2 Å². The van der Waals surface area contributed by atoms with Crippen LogP contribution < -0.4 is 5.32 Å². The fourth-order valence-corrected chi connectivity index (χ4v) is 2.51. The summed E-state index contributed by atoms with van der Waals surface area (Å²) in [6, 6.07) is 10.3. The Morgan fingerprint density at radius 1 is 1.26 bits per heavy atom. The van der Waals surface area contributed by atoms with Crippen LogP contribution in [0, 0.1) is 0 Å². The van der Waals surface area contributed by atoms with Crippen LogP contribution in [-0.4, -0.2) is 68.7 Å². The maximum absolute atomic E-state index is 12.6. The maximum atomic E-state index is 12.6. The number of amides is 1. The summed E-state index contributed by atoms with van der Waals surface area (Å²) in [5, 5.41) is 3.35. The van der Waals surface area contributed by atoms with Gasteiger partial charge < -0.3 is 19.9 Å². The molecular weight excluding hydrogens is 314 g/mol. The highest BCUT2D eigenvalue weighted by molar-refractivity contribution is 5.85. The van der Waals surface area contributed by atoms with E-state index in [9.17, 15) is 4.79 Å². The molecule has 1 N–H and O–H groups in total. The van der Waals surface area contributed by atoms with E-state index in [1.165, 1.54) is 5.56 Å². The fraction of sp³-hybridized carbons (Fsp3) is 0.588. The van der Waals surface area contributed by atoms with Gasteiger partial charge in [-0.15, -0.1) is 12.4 Å². The molecule has 0 spiro atoms. The van der Waals surface area contributed by atoms with Gasteiger partial charge in [0.05, 0.1) is 13.2 Å². The van der Waals surface area contributed by atoms with Gasteiger partial charge in [-0.25, -0.2) is 0 Å². The maximum Gasteiger partial charge on any atom is 0.224 e. The first-order chi connectivity index (χ1) is 10.6. The van der Waals surface area contributed by atoms with Gasteiger partial charge in [0.25, 0.3) is 0 Å². The molecule has 1 heterocycles. The molecule has 23 heavy (non-hydrogen) atoms. The van der Waals surface area contributed by atoms with Crippen molar-refractivity contribution in [2.45, 2.75) is 19.0 Å². The van der Waals surface area contributed by atoms with Gasteiger partial charge >= 0.3 is 0 Å². The van der Waals surface area contributed by atoms with Crippen molar-refractivity contribution in [2.24, 2.45) is 0 Å². The number of likely N-dealkylation sites (N-methyl/N-ethyl adjacent to an activating group) is 1. The molecule has 1 unspecified atom stereocenters. The van der Waals surface area contributed by atoms with Gasteiger partial charge in [-0.05, 0) is 19.7 Å². The SMILES string of the molecule is CN(C)CCN(Cc1ccccc1)C(=O)CC1COCCN1.Cl. The monoisotopic (exact) mass is 341 g/mol. The minimum atomic E-state index is 0. The summed E-state index contributed by atoms with van der Waals surface area (Å²) in [5.74, 6) is 0.189. The quantitative estimate of drug-likeness (QED) is 0.813. The van der Waals surface area contributed by atoms with Crippen molar-refractivity contribution in [3.8, 4) is 0 Å². The van der Waals surface area contributed by atoms with Crippen LogP contribution in [0.1, 0.15) is 12.0 Å². The molecule has 1 aliphatic heterocycles. The van der Waals surface area contributed by atoms with Crippen LogP contribution in [0.25, 0.3) is 0 Å². The van der Waals surface area contributed by atoms with E-state index in [0.29, 0.717) is 19.6 Å². The number of benzene rings is 1. The first-order valence-electron chi connectivity index (χ1n) is 7.92. The van der Waals surface area contributed by atoms with E-state index in [2.05, 4.69) is 22.3 Å². The molecule has 0 aliphatic carbocycles. The minimum Gasteiger partial charge on any atom is -0.378 e. The lowest BCUT2D eigenvalue weighted by Crippen LogP contribution is -2.45. The summed E-state index contributed by atoms with van der Waals surface area (Å²) in [6.07, 6.45) is 0.500. The number of carbonyl (C=O) groups excluding carboxylic acids is 1. The third kappa shape index (κ3) is 7.31. The first kappa shape index (κ1) is 19.9. The predicted molar refractivity (Wildman–Crippen MR) is 94.9 cm³/mol. The van der Waals surface area contributed by atoms with Crippen LogP contribution >= 0.6 is 12.4 Å². The van der Waals surface area contributed by atoms with Crippen molar-refractivity contribution in [1.29, 1.82) is 0 Å². The van der Waals surface area contributed by atoms with Gasteiger partial charge in [-0.3, -0.25) is 4.79 Å². The van der Waals surface area contributed by atoms with Crippen LogP contribution in [-0.2, 0) is 16.1 Å². The summed E-state index contributed by atoms with van der Waals surface area (Å²) < 4.78 is 5.44. The highest BCUT2D eigenvalue weighted by Crippen LogP contribution is 2.09. The Balaban J connectivity index is 0.00000264. The zero-order valence-electron chi connectivity index (χ0n) is 14.0. The molecule has 5 nitrogen and oxygen atoms in total. The summed E-state index contributed by atoms with van der Waals surface area (Å²) in [5.41, 5.74) is 1.17. The molecule has 1 amide bonds. The van der Waals surface area contributed by atoms with Crippen molar-refractivity contribution >= 4 is 18.3 Å². The zero-order valence-corrected chi connectivity index (χ0v) is 14.8. The Labute approximate surface area is 145 Å². The molecule has 1 fully saturated rings. The van der Waals surface area contributed by atoms with E-state index >= 15 is 0 Å². The average Bonchev–Trinajstić information content (AvgIpc) is 2.53. The van der Waals surface area contributed by atoms with Crippen molar-refractivity contribution < 1.29 is 9.53 Å². The molecule has 6 heteroatoms. The van der Waals surface area contributed by atoms with E-state index in [-0.39, 0.29) is 24.4 Å². The lowest BCUT2D eigenvalue weighted by atomic mass is 10.1. The Hall–Kier alpha value is -1.14. The zero-order chi connectivity index (χ0) is 15.8. The van der Waals surface area contributed by atoms with Gasteiger partial charge in [0.1, 0.15) is 0 Å². The van der Waals surface area contributed by atoms with E-state index in [4.69, 9.17) is 4.74 Å². The lowest BCUT2D eigenvalue weighted by molar-refractivity contribution is -0.133. The van der Waals surface area contributed by atoms with Gasteiger partial charge in [0.15, 0.2) is 0 Å². The van der Waals surface area contributed by atoms with Crippen molar-refractivity contribution in [2.75, 3.05) is 46.9 Å². The second-order valence-corrected chi connectivity index (χ2v) is 6.03. The molecule has 1 saturated heterocycles. The highest BCUT2D eigenvalue weighted by atomic mass is 35.5. The average molecular weight is 342 g/mol. The molecule has 1 atom stereocenters. The summed E-state index contributed by atoms with van der Waals surface area (Å²) in [7, 11) is 4.06. The number of ether oxygens (including phenoxy) is 1. The molecule has 130 valence electrons. The standard InChI is InChI=1S/C17H27N3O2.ClH/c1-19(2)9-10-20(13-15-6-4-3-5-7-15)17(21)12-16-14-22-11-8-18-16;/h3-7,16,18H,8-14H2,1-2H3;1H. The largest absolute Gasteiger partial charge is 0.378 e. The summed E-state index contributed by atoms with van der Waals surface area (Å²) >= 11 is 0. The second kappa shape index (κ2) is 10.6. The van der Waals surface area contributed by atoms with Gasteiger partial charge in [0.2, 0.25) is 5.91 Å². The van der Waals surface area contributed by atoms with Crippen molar-refractivity contribution in [3.05, 3.63) is 35.9 Å². The smallest absolute Gasteiger partial charge is 0.224 e. The molecule has 0 aromatic heterocycles. The van der Waals surface area contributed by atoms with Crippen LogP contribution in [0.15, 0.2) is 30.3 Å². The number of rotatable bonds is 7. The summed E-state index contributed by atoms with van der Waals surface area (Å²) in [6.45, 7) is 4.47. The van der Waals surface area contributed by atoms with Crippen LogP contribution in [0.4, 0.5) is 0 Å². The van der Waals surface area contributed by atoms with Crippen molar-refractivity contribution in [3.63, 3.8) is 0 Å². The third-order valence-corrected chi connectivity index (χ3v) is 3.81. The third-order valence-electron chi connectivity index (χ3n) is 3.81. The molecule has 2 rings (SSSR count). The van der Waals surface area contributed by atoms with E-state index in [1.54, 1.807) is 0 Å². The molecule has 1 aliphatic rings. The molecule has 1 aromatic rings. The number of nitrogens with one attached hydrogen (secondary N) is 1. The number of morpholine rings is 1. The molecular formula is C17H28ClN3O2. The van der Waals surface area contributed by atoms with Crippen molar-refractivity contribution in [1.82, 2.24) is 15.1 Å². The molecule has 0 radical (unpaired) electrons. The number of nitrogens with zero attached hydrogens (tertiary/aromatic N) is 2. The number of hydrogen-bond acceptors (Lipinski definition) is 4. The van der Waals surface area contributed by atoms with Crippen LogP contribution in [0.3, 0.4) is 0 Å². The van der Waals surface area contributed by atoms with Gasteiger partial charge in [0, 0.05) is 38.6 Å². The van der Waals surface area contributed by atoms with E-state index in [1.807, 2.05) is 37.2 Å². The number of halogens is 1.